The minimum absolute atomic E-state index is 0.0859. The molecule has 0 spiro atoms. The van der Waals surface area contributed by atoms with Crippen LogP contribution in [0.3, 0.4) is 0 Å². The predicted octanol–water partition coefficient (Wildman–Crippen LogP) is 4.94. The van der Waals surface area contributed by atoms with Gasteiger partial charge in [-0.3, -0.25) is 4.79 Å². The van der Waals surface area contributed by atoms with Crippen LogP contribution in [-0.2, 0) is 6.54 Å². The topological polar surface area (TPSA) is 46.1 Å². The number of rotatable bonds is 5. The molecule has 1 aliphatic carbocycles. The zero-order valence-electron chi connectivity index (χ0n) is 17.1. The minimum Gasteiger partial charge on any atom is -0.352 e. The van der Waals surface area contributed by atoms with Crippen molar-refractivity contribution in [2.75, 3.05) is 19.6 Å². The van der Waals surface area contributed by atoms with Crippen LogP contribution in [0, 0.1) is 11.8 Å². The van der Waals surface area contributed by atoms with E-state index in [1.165, 1.54) is 12.8 Å². The Kier molecular flexibility index (Phi) is 6.16. The van der Waals surface area contributed by atoms with Gasteiger partial charge in [0.1, 0.15) is 5.67 Å². The van der Waals surface area contributed by atoms with Crippen molar-refractivity contribution < 1.29 is 9.18 Å². The van der Waals surface area contributed by atoms with Gasteiger partial charge in [0, 0.05) is 24.7 Å². The standard InChI is InChI=1S/C23H31ClFN3O/c1-23(25)9-7-16(8-10-23)13-27-22(29)18-15-28(14-17-4-3-11-26-12-17)20-6-2-5-19(24)21(18)20/h2,5-6,15-17,26H,3-4,7-14H2,1H3,(H,27,29). The second kappa shape index (κ2) is 8.65. The average molecular weight is 420 g/mol. The average Bonchev–Trinajstić information content (AvgIpc) is 3.08. The lowest BCUT2D eigenvalue weighted by Crippen LogP contribution is -2.34. The van der Waals surface area contributed by atoms with Crippen LogP contribution >= 0.6 is 11.6 Å². The Morgan fingerprint density at radius 2 is 2.10 bits per heavy atom. The number of carbonyl (C=O) groups excluding carboxylic acids is 1. The fourth-order valence-corrected chi connectivity index (χ4v) is 5.08. The quantitative estimate of drug-likeness (QED) is 0.720. The van der Waals surface area contributed by atoms with E-state index in [-0.39, 0.29) is 5.91 Å². The number of halogens is 2. The smallest absolute Gasteiger partial charge is 0.253 e. The first-order valence-electron chi connectivity index (χ1n) is 10.9. The molecule has 158 valence electrons. The van der Waals surface area contributed by atoms with Crippen LogP contribution in [0.1, 0.15) is 55.8 Å². The second-order valence-corrected chi connectivity index (χ2v) is 9.52. The van der Waals surface area contributed by atoms with Crippen LogP contribution in [0.15, 0.2) is 24.4 Å². The monoisotopic (exact) mass is 419 g/mol. The Morgan fingerprint density at radius 1 is 1.31 bits per heavy atom. The maximum absolute atomic E-state index is 14.0. The molecule has 1 atom stereocenters. The minimum atomic E-state index is -1.05. The fourth-order valence-electron chi connectivity index (χ4n) is 4.81. The Bertz CT molecular complexity index is 862. The Morgan fingerprint density at radius 3 is 2.83 bits per heavy atom. The Balaban J connectivity index is 1.49. The lowest BCUT2D eigenvalue weighted by Gasteiger charge is -2.31. The molecule has 2 aliphatic rings. The number of nitrogens with one attached hydrogen (secondary N) is 2. The van der Waals surface area contributed by atoms with Gasteiger partial charge in [-0.05, 0) is 82.5 Å². The molecular formula is C23H31ClFN3O. The molecule has 1 unspecified atom stereocenters. The van der Waals surface area contributed by atoms with Crippen LogP contribution in [0.5, 0.6) is 0 Å². The van der Waals surface area contributed by atoms with Crippen molar-refractivity contribution >= 4 is 28.4 Å². The molecule has 29 heavy (non-hydrogen) atoms. The first-order valence-corrected chi connectivity index (χ1v) is 11.3. The summed E-state index contributed by atoms with van der Waals surface area (Å²) in [5.74, 6) is 0.823. The number of nitrogens with zero attached hydrogens (tertiary/aromatic N) is 1. The van der Waals surface area contributed by atoms with Crippen LogP contribution in [-0.4, -0.2) is 35.8 Å². The van der Waals surface area contributed by atoms with Gasteiger partial charge in [0.2, 0.25) is 0 Å². The molecule has 1 saturated heterocycles. The third-order valence-electron chi connectivity index (χ3n) is 6.65. The maximum atomic E-state index is 14.0. The maximum Gasteiger partial charge on any atom is 0.253 e. The van der Waals surface area contributed by atoms with Gasteiger partial charge in [0.25, 0.3) is 5.91 Å². The third-order valence-corrected chi connectivity index (χ3v) is 6.97. The molecule has 2 N–H and O–H groups in total. The first kappa shape index (κ1) is 20.7. The molecule has 0 bridgehead atoms. The van der Waals surface area contributed by atoms with Gasteiger partial charge >= 0.3 is 0 Å². The van der Waals surface area contributed by atoms with Crippen molar-refractivity contribution in [2.24, 2.45) is 11.8 Å². The van der Waals surface area contributed by atoms with Gasteiger partial charge in [-0.15, -0.1) is 0 Å². The Labute approximate surface area is 177 Å². The summed E-state index contributed by atoms with van der Waals surface area (Å²) in [5, 5.41) is 7.99. The van der Waals surface area contributed by atoms with Gasteiger partial charge in [0.05, 0.1) is 16.1 Å². The molecule has 2 aromatic rings. The first-order chi connectivity index (χ1) is 13.9. The Hall–Kier alpha value is -1.59. The summed E-state index contributed by atoms with van der Waals surface area (Å²) in [6.07, 6.45) is 7.15. The molecular weight excluding hydrogens is 389 g/mol. The van der Waals surface area contributed by atoms with Gasteiger partial charge in [-0.1, -0.05) is 17.7 Å². The summed E-state index contributed by atoms with van der Waals surface area (Å²) in [6, 6.07) is 5.83. The highest BCUT2D eigenvalue weighted by Gasteiger charge is 2.31. The number of carbonyl (C=O) groups is 1. The molecule has 1 aromatic carbocycles. The lowest BCUT2D eigenvalue weighted by atomic mass is 9.81. The van der Waals surface area contributed by atoms with E-state index >= 15 is 0 Å². The summed E-state index contributed by atoms with van der Waals surface area (Å²) in [4.78, 5) is 13.0. The van der Waals surface area contributed by atoms with Crippen molar-refractivity contribution in [1.29, 1.82) is 0 Å². The van der Waals surface area contributed by atoms with Crippen molar-refractivity contribution in [1.82, 2.24) is 15.2 Å². The van der Waals surface area contributed by atoms with E-state index < -0.39 is 5.67 Å². The normalized spacial score (nSPS) is 27.8. The number of hydrogen-bond donors (Lipinski definition) is 2. The number of aromatic nitrogens is 1. The molecule has 4 rings (SSSR count). The summed E-state index contributed by atoms with van der Waals surface area (Å²) in [6.45, 7) is 5.26. The molecule has 4 nitrogen and oxygen atoms in total. The number of alkyl halides is 1. The highest BCUT2D eigenvalue weighted by atomic mass is 35.5. The van der Waals surface area contributed by atoms with E-state index in [2.05, 4.69) is 15.2 Å². The summed E-state index contributed by atoms with van der Waals surface area (Å²) >= 11 is 6.50. The van der Waals surface area contributed by atoms with Gasteiger partial charge in [0.15, 0.2) is 0 Å². The largest absolute Gasteiger partial charge is 0.352 e. The third kappa shape index (κ3) is 4.77. The van der Waals surface area contributed by atoms with Gasteiger partial charge < -0.3 is 15.2 Å². The molecule has 2 fully saturated rings. The lowest BCUT2D eigenvalue weighted by molar-refractivity contribution is 0.0894. The van der Waals surface area contributed by atoms with Gasteiger partial charge in [-0.2, -0.15) is 0 Å². The van der Waals surface area contributed by atoms with Crippen LogP contribution in [0.2, 0.25) is 5.02 Å². The highest BCUT2D eigenvalue weighted by molar-refractivity contribution is 6.36. The van der Waals surface area contributed by atoms with E-state index in [4.69, 9.17) is 11.6 Å². The molecule has 0 radical (unpaired) electrons. The number of hydrogen-bond acceptors (Lipinski definition) is 2. The van der Waals surface area contributed by atoms with Gasteiger partial charge in [-0.25, -0.2) is 4.39 Å². The summed E-state index contributed by atoms with van der Waals surface area (Å²) in [7, 11) is 0. The van der Waals surface area contributed by atoms with E-state index in [9.17, 15) is 9.18 Å². The van der Waals surface area contributed by atoms with Crippen molar-refractivity contribution in [3.63, 3.8) is 0 Å². The predicted molar refractivity (Wildman–Crippen MR) is 116 cm³/mol. The molecule has 1 aromatic heterocycles. The zero-order chi connectivity index (χ0) is 20.4. The molecule has 6 heteroatoms. The molecule has 1 aliphatic heterocycles. The summed E-state index contributed by atoms with van der Waals surface area (Å²) in [5.41, 5.74) is 0.606. The summed E-state index contributed by atoms with van der Waals surface area (Å²) < 4.78 is 16.2. The highest BCUT2D eigenvalue weighted by Crippen LogP contribution is 2.34. The number of piperidine rings is 1. The van der Waals surface area contributed by atoms with E-state index in [1.807, 2.05) is 24.4 Å². The molecule has 2 heterocycles. The van der Waals surface area contributed by atoms with E-state index in [1.54, 1.807) is 6.92 Å². The van der Waals surface area contributed by atoms with Crippen molar-refractivity contribution in [3.05, 3.63) is 35.0 Å². The van der Waals surface area contributed by atoms with E-state index in [0.29, 0.717) is 41.8 Å². The molecule has 1 amide bonds. The number of fused-ring (bicyclic) bond motifs is 1. The van der Waals surface area contributed by atoms with Crippen LogP contribution in [0.4, 0.5) is 4.39 Å². The number of benzene rings is 1. The second-order valence-electron chi connectivity index (χ2n) is 9.11. The fraction of sp³-hybridized carbons (Fsp3) is 0.609. The van der Waals surface area contributed by atoms with Crippen LogP contribution in [0.25, 0.3) is 10.9 Å². The SMILES string of the molecule is CC1(F)CCC(CNC(=O)c2cn(CC3CCCNC3)c3cccc(Cl)c23)CC1. The molecule has 1 saturated carbocycles. The van der Waals surface area contributed by atoms with Crippen molar-refractivity contribution in [2.45, 2.75) is 57.7 Å². The number of amides is 1. The van der Waals surface area contributed by atoms with Crippen molar-refractivity contribution in [3.8, 4) is 0 Å². The van der Waals surface area contributed by atoms with Crippen LogP contribution < -0.4 is 10.6 Å². The van der Waals surface area contributed by atoms with E-state index in [0.717, 1.165) is 43.4 Å². The zero-order valence-corrected chi connectivity index (χ0v) is 17.9.